The fourth-order valence-electron chi connectivity index (χ4n) is 3.02. The molecule has 0 unspecified atom stereocenters. The molecule has 0 aliphatic heterocycles. The highest BCUT2D eigenvalue weighted by Crippen LogP contribution is 2.36. The van der Waals surface area contributed by atoms with E-state index in [2.05, 4.69) is 20.8 Å². The lowest BCUT2D eigenvalue weighted by atomic mass is 9.85. The van der Waals surface area contributed by atoms with Gasteiger partial charge in [-0.2, -0.15) is 4.98 Å². The number of carbonyl (C=O) groups excluding carboxylic acids is 1. The maximum absolute atomic E-state index is 12.1. The number of amides is 2. The van der Waals surface area contributed by atoms with E-state index in [9.17, 15) is 4.79 Å². The van der Waals surface area contributed by atoms with Crippen molar-refractivity contribution < 1.29 is 14.1 Å². The number of hydrogen-bond donors (Lipinski definition) is 2. The van der Waals surface area contributed by atoms with Crippen molar-refractivity contribution >= 4 is 11.7 Å². The second kappa shape index (κ2) is 8.12. The lowest BCUT2D eigenvalue weighted by Gasteiger charge is -2.20. The topological polar surface area (TPSA) is 89.3 Å². The number of methoxy groups -OCH3 is 1. The Balaban J connectivity index is 1.32. The molecule has 4 rings (SSSR count). The van der Waals surface area contributed by atoms with Crippen LogP contribution in [0.25, 0.3) is 11.4 Å². The molecule has 2 amide bonds. The van der Waals surface area contributed by atoms with Crippen LogP contribution < -0.4 is 15.4 Å². The van der Waals surface area contributed by atoms with Gasteiger partial charge in [-0.1, -0.05) is 23.7 Å². The number of aromatic nitrogens is 2. The lowest BCUT2D eigenvalue weighted by molar-refractivity contribution is 0.251. The smallest absolute Gasteiger partial charge is 0.319 e. The van der Waals surface area contributed by atoms with E-state index in [1.807, 2.05) is 48.5 Å². The van der Waals surface area contributed by atoms with Gasteiger partial charge in [0.1, 0.15) is 5.75 Å². The molecule has 3 aromatic rings. The van der Waals surface area contributed by atoms with E-state index < -0.39 is 0 Å². The van der Waals surface area contributed by atoms with Crippen molar-refractivity contribution in [2.24, 2.45) is 0 Å². The monoisotopic (exact) mass is 378 g/mol. The van der Waals surface area contributed by atoms with Crippen molar-refractivity contribution in [3.05, 3.63) is 60.0 Å². The van der Waals surface area contributed by atoms with Crippen LogP contribution >= 0.6 is 0 Å². The maximum Gasteiger partial charge on any atom is 0.319 e. The molecule has 2 aromatic carbocycles. The minimum absolute atomic E-state index is 0.276. The minimum atomic E-state index is -0.276. The van der Waals surface area contributed by atoms with Crippen LogP contribution in [0, 0.1) is 0 Å². The molecule has 1 heterocycles. The number of nitrogens with zero attached hydrogens (tertiary/aromatic N) is 2. The molecular formula is C21H22N4O3. The first-order valence-corrected chi connectivity index (χ1v) is 9.33. The van der Waals surface area contributed by atoms with Crippen LogP contribution in [0.5, 0.6) is 5.75 Å². The summed E-state index contributed by atoms with van der Waals surface area (Å²) < 4.78 is 10.5. The van der Waals surface area contributed by atoms with Crippen molar-refractivity contribution in [2.75, 3.05) is 12.4 Å². The Morgan fingerprint density at radius 1 is 1.21 bits per heavy atom. The molecule has 28 heavy (non-hydrogen) atoms. The minimum Gasteiger partial charge on any atom is -0.497 e. The number of rotatable bonds is 6. The second-order valence-electron chi connectivity index (χ2n) is 6.82. The van der Waals surface area contributed by atoms with E-state index in [1.54, 1.807) is 7.11 Å². The van der Waals surface area contributed by atoms with Gasteiger partial charge in [-0.25, -0.2) is 4.79 Å². The van der Waals surface area contributed by atoms with Gasteiger partial charge in [0, 0.05) is 23.7 Å². The number of nitrogens with one attached hydrogen (secondary N) is 2. The summed E-state index contributed by atoms with van der Waals surface area (Å²) >= 11 is 0. The predicted octanol–water partition coefficient (Wildman–Crippen LogP) is 4.33. The highest BCUT2D eigenvalue weighted by atomic mass is 16.5. The van der Waals surface area contributed by atoms with Crippen molar-refractivity contribution in [3.8, 4) is 17.1 Å². The van der Waals surface area contributed by atoms with Crippen LogP contribution in [-0.2, 0) is 6.54 Å². The Bertz CT molecular complexity index is 948. The van der Waals surface area contributed by atoms with Gasteiger partial charge in [-0.15, -0.1) is 0 Å². The summed E-state index contributed by atoms with van der Waals surface area (Å²) in [5, 5.41) is 9.71. The molecule has 0 radical (unpaired) electrons. The van der Waals surface area contributed by atoms with Crippen molar-refractivity contribution in [3.63, 3.8) is 0 Å². The molecule has 7 nitrogen and oxygen atoms in total. The van der Waals surface area contributed by atoms with Gasteiger partial charge in [-0.05, 0) is 54.8 Å². The van der Waals surface area contributed by atoms with Crippen LogP contribution in [0.2, 0.25) is 0 Å². The van der Waals surface area contributed by atoms with Crippen LogP contribution in [-0.4, -0.2) is 23.3 Å². The Labute approximate surface area is 163 Å². The van der Waals surface area contributed by atoms with Crippen LogP contribution in [0.3, 0.4) is 0 Å². The zero-order valence-corrected chi connectivity index (χ0v) is 15.6. The number of ether oxygens (including phenoxy) is 1. The van der Waals surface area contributed by atoms with Crippen LogP contribution in [0.4, 0.5) is 10.5 Å². The van der Waals surface area contributed by atoms with Crippen molar-refractivity contribution in [1.82, 2.24) is 15.5 Å². The third kappa shape index (κ3) is 4.14. The van der Waals surface area contributed by atoms with Crippen molar-refractivity contribution in [1.29, 1.82) is 0 Å². The predicted molar refractivity (Wildman–Crippen MR) is 105 cm³/mol. The highest BCUT2D eigenvalue weighted by molar-refractivity contribution is 5.89. The zero-order valence-electron chi connectivity index (χ0n) is 15.6. The third-order valence-corrected chi connectivity index (χ3v) is 4.88. The van der Waals surface area contributed by atoms with Gasteiger partial charge in [0.25, 0.3) is 0 Å². The van der Waals surface area contributed by atoms with Gasteiger partial charge < -0.3 is 19.9 Å². The van der Waals surface area contributed by atoms with E-state index in [1.165, 1.54) is 6.42 Å². The molecule has 0 bridgehead atoms. The molecule has 1 aliphatic carbocycles. The van der Waals surface area contributed by atoms with Gasteiger partial charge in [0.05, 0.1) is 7.11 Å². The molecule has 0 spiro atoms. The molecule has 1 saturated carbocycles. The normalized spacial score (nSPS) is 13.6. The summed E-state index contributed by atoms with van der Waals surface area (Å²) in [6, 6.07) is 14.7. The van der Waals surface area contributed by atoms with Gasteiger partial charge in [-0.3, -0.25) is 0 Å². The van der Waals surface area contributed by atoms with Gasteiger partial charge in [0.15, 0.2) is 0 Å². The SMILES string of the molecule is COc1cccc(CNC(=O)Nc2ccc(-c3noc(C4CCC4)n3)cc2)c1. The van der Waals surface area contributed by atoms with E-state index >= 15 is 0 Å². The first-order chi connectivity index (χ1) is 13.7. The maximum atomic E-state index is 12.1. The Kier molecular flexibility index (Phi) is 5.23. The summed E-state index contributed by atoms with van der Waals surface area (Å²) in [6.07, 6.45) is 3.47. The highest BCUT2D eigenvalue weighted by Gasteiger charge is 2.25. The number of anilines is 1. The molecule has 7 heteroatoms. The quantitative estimate of drug-likeness (QED) is 0.666. The van der Waals surface area contributed by atoms with E-state index in [0.717, 1.165) is 35.6 Å². The third-order valence-electron chi connectivity index (χ3n) is 4.88. The summed E-state index contributed by atoms with van der Waals surface area (Å²) in [5.41, 5.74) is 2.51. The number of urea groups is 1. The fourth-order valence-corrected chi connectivity index (χ4v) is 3.02. The van der Waals surface area contributed by atoms with E-state index in [-0.39, 0.29) is 6.03 Å². The Hall–Kier alpha value is -3.35. The average Bonchev–Trinajstić information content (AvgIpc) is 3.15. The first-order valence-electron chi connectivity index (χ1n) is 9.33. The summed E-state index contributed by atoms with van der Waals surface area (Å²) in [6.45, 7) is 0.411. The van der Waals surface area contributed by atoms with Gasteiger partial charge in [0.2, 0.25) is 11.7 Å². The number of benzene rings is 2. The molecule has 1 aromatic heterocycles. The molecular weight excluding hydrogens is 356 g/mol. The second-order valence-corrected chi connectivity index (χ2v) is 6.82. The lowest BCUT2D eigenvalue weighted by Crippen LogP contribution is -2.28. The average molecular weight is 378 g/mol. The number of carbonyl (C=O) groups is 1. The van der Waals surface area contributed by atoms with Crippen molar-refractivity contribution in [2.45, 2.75) is 31.7 Å². The standard InChI is InChI=1S/C21H22N4O3/c1-27-18-7-2-4-14(12-18)13-22-21(26)23-17-10-8-15(9-11-17)19-24-20(28-25-19)16-5-3-6-16/h2,4,7-12,16H,3,5-6,13H2,1H3,(H2,22,23,26). The molecule has 144 valence electrons. The number of hydrogen-bond acceptors (Lipinski definition) is 5. The van der Waals surface area contributed by atoms with Gasteiger partial charge >= 0.3 is 6.03 Å². The molecule has 0 saturated heterocycles. The largest absolute Gasteiger partial charge is 0.497 e. The molecule has 1 aliphatic rings. The zero-order chi connectivity index (χ0) is 19.3. The van der Waals surface area contributed by atoms with Crippen LogP contribution in [0.15, 0.2) is 53.1 Å². The molecule has 0 atom stereocenters. The summed E-state index contributed by atoms with van der Waals surface area (Å²) in [4.78, 5) is 16.6. The van der Waals surface area contributed by atoms with E-state index in [4.69, 9.17) is 9.26 Å². The van der Waals surface area contributed by atoms with Crippen LogP contribution in [0.1, 0.15) is 36.6 Å². The molecule has 2 N–H and O–H groups in total. The summed E-state index contributed by atoms with van der Waals surface area (Å²) in [5.74, 6) is 2.48. The first kappa shape index (κ1) is 18.0. The summed E-state index contributed by atoms with van der Waals surface area (Å²) in [7, 11) is 1.62. The molecule has 1 fully saturated rings. The fraction of sp³-hybridized carbons (Fsp3) is 0.286. The van der Waals surface area contributed by atoms with E-state index in [0.29, 0.717) is 24.0 Å². The Morgan fingerprint density at radius 2 is 2.04 bits per heavy atom. The Morgan fingerprint density at radius 3 is 2.75 bits per heavy atom.